The first-order chi connectivity index (χ1) is 20.3. The van der Waals surface area contributed by atoms with Crippen molar-refractivity contribution in [1.82, 2.24) is 9.80 Å². The number of benzene rings is 3. The summed E-state index contributed by atoms with van der Waals surface area (Å²) in [4.78, 5) is 66.4. The van der Waals surface area contributed by atoms with Crippen molar-refractivity contribution in [2.75, 3.05) is 25.0 Å². The maximum Gasteiger partial charge on any atom is 0.261 e. The van der Waals surface area contributed by atoms with Crippen molar-refractivity contribution < 1.29 is 33.4 Å². The first kappa shape index (κ1) is 27.3. The number of amides is 5. The van der Waals surface area contributed by atoms with Crippen LogP contribution < -0.4 is 10.1 Å². The molecule has 3 aliphatic rings. The fraction of sp³-hybridized carbons (Fsp3) is 0.281. The van der Waals surface area contributed by atoms with E-state index in [0.29, 0.717) is 47.0 Å². The van der Waals surface area contributed by atoms with Crippen LogP contribution in [-0.4, -0.2) is 65.1 Å². The maximum absolute atomic E-state index is 12.9. The lowest BCUT2D eigenvalue weighted by Crippen LogP contribution is -2.36. The van der Waals surface area contributed by atoms with Crippen LogP contribution in [0.5, 0.6) is 11.5 Å². The van der Waals surface area contributed by atoms with Crippen LogP contribution in [0.15, 0.2) is 60.7 Å². The van der Waals surface area contributed by atoms with E-state index >= 15 is 0 Å². The van der Waals surface area contributed by atoms with Gasteiger partial charge in [-0.1, -0.05) is 13.3 Å². The molecule has 0 aliphatic carbocycles. The van der Waals surface area contributed by atoms with Gasteiger partial charge in [-0.3, -0.25) is 33.8 Å². The summed E-state index contributed by atoms with van der Waals surface area (Å²) in [6.07, 6.45) is 3.19. The number of imide groups is 2. The van der Waals surface area contributed by atoms with E-state index in [-0.39, 0.29) is 47.4 Å². The van der Waals surface area contributed by atoms with Crippen molar-refractivity contribution in [3.05, 3.63) is 88.5 Å². The summed E-state index contributed by atoms with van der Waals surface area (Å²) in [6, 6.07) is 15.9. The molecule has 0 bridgehead atoms. The SMILES string of the molecule is CCCCN1C(=O)c2ccc(C(=O)Nc3ccc(Oc4ccc5c(c4)C(=O)N(CC4CCCO4)C5=O)cc3)cc2C1=O. The number of hydrogen-bond donors (Lipinski definition) is 1. The average Bonchev–Trinajstić information content (AvgIpc) is 3.66. The number of fused-ring (bicyclic) bond motifs is 2. The Labute approximate surface area is 242 Å². The lowest BCUT2D eigenvalue weighted by molar-refractivity contribution is 0.0474. The van der Waals surface area contributed by atoms with Gasteiger partial charge in [0.15, 0.2) is 0 Å². The van der Waals surface area contributed by atoms with Crippen molar-refractivity contribution in [2.45, 2.75) is 38.7 Å². The van der Waals surface area contributed by atoms with Crippen LogP contribution in [0, 0.1) is 0 Å². The van der Waals surface area contributed by atoms with Gasteiger partial charge < -0.3 is 14.8 Å². The monoisotopic (exact) mass is 567 g/mol. The molecule has 6 rings (SSSR count). The summed E-state index contributed by atoms with van der Waals surface area (Å²) < 4.78 is 11.5. The number of nitrogens with one attached hydrogen (secondary N) is 1. The van der Waals surface area contributed by atoms with Gasteiger partial charge in [-0.25, -0.2) is 0 Å². The molecule has 1 fully saturated rings. The molecule has 0 saturated carbocycles. The Morgan fingerprint density at radius 2 is 1.48 bits per heavy atom. The Bertz CT molecular complexity index is 1610. The number of unbranched alkanes of at least 4 members (excludes halogenated alkanes) is 1. The van der Waals surface area contributed by atoms with Crippen LogP contribution in [-0.2, 0) is 4.74 Å². The normalized spacial score (nSPS) is 17.6. The number of hydrogen-bond acceptors (Lipinski definition) is 7. The van der Waals surface area contributed by atoms with Crippen LogP contribution in [0.25, 0.3) is 0 Å². The molecule has 10 nitrogen and oxygen atoms in total. The highest BCUT2D eigenvalue weighted by molar-refractivity contribution is 6.22. The molecular weight excluding hydrogens is 538 g/mol. The lowest BCUT2D eigenvalue weighted by Gasteiger charge is -2.17. The zero-order chi connectivity index (χ0) is 29.4. The van der Waals surface area contributed by atoms with Gasteiger partial charge in [0, 0.05) is 24.4 Å². The third kappa shape index (κ3) is 5.05. The molecule has 1 saturated heterocycles. The highest BCUT2D eigenvalue weighted by atomic mass is 16.5. The van der Waals surface area contributed by atoms with Crippen molar-refractivity contribution in [3.63, 3.8) is 0 Å². The Balaban J connectivity index is 1.10. The number of nitrogens with zero attached hydrogens (tertiary/aromatic N) is 2. The van der Waals surface area contributed by atoms with Crippen molar-refractivity contribution in [3.8, 4) is 11.5 Å². The van der Waals surface area contributed by atoms with Crippen LogP contribution in [0.1, 0.15) is 84.4 Å². The summed E-state index contributed by atoms with van der Waals surface area (Å²) in [6.45, 7) is 3.22. The molecule has 10 heteroatoms. The minimum atomic E-state index is -0.423. The number of rotatable bonds is 9. The Morgan fingerprint density at radius 1 is 0.833 bits per heavy atom. The number of ether oxygens (including phenoxy) is 2. The quantitative estimate of drug-likeness (QED) is 0.365. The highest BCUT2D eigenvalue weighted by Crippen LogP contribution is 2.31. The first-order valence-electron chi connectivity index (χ1n) is 14.1. The van der Waals surface area contributed by atoms with E-state index in [2.05, 4.69) is 5.32 Å². The zero-order valence-corrected chi connectivity index (χ0v) is 23.1. The Hall–Kier alpha value is -4.83. The van der Waals surface area contributed by atoms with Gasteiger partial charge >= 0.3 is 0 Å². The van der Waals surface area contributed by atoms with Gasteiger partial charge in [0.1, 0.15) is 11.5 Å². The van der Waals surface area contributed by atoms with Gasteiger partial charge in [0.2, 0.25) is 0 Å². The van der Waals surface area contributed by atoms with Gasteiger partial charge in [-0.2, -0.15) is 0 Å². The van der Waals surface area contributed by atoms with Gasteiger partial charge in [-0.05, 0) is 79.9 Å². The molecule has 1 N–H and O–H groups in total. The zero-order valence-electron chi connectivity index (χ0n) is 23.1. The lowest BCUT2D eigenvalue weighted by atomic mass is 10.1. The van der Waals surface area contributed by atoms with Gasteiger partial charge in [0.05, 0.1) is 34.9 Å². The molecule has 42 heavy (non-hydrogen) atoms. The molecule has 3 aliphatic heterocycles. The minimum Gasteiger partial charge on any atom is -0.457 e. The van der Waals surface area contributed by atoms with Crippen molar-refractivity contribution in [1.29, 1.82) is 0 Å². The summed E-state index contributed by atoms with van der Waals surface area (Å²) in [5, 5.41) is 2.79. The molecule has 0 aromatic heterocycles. The molecule has 0 radical (unpaired) electrons. The average molecular weight is 568 g/mol. The molecule has 3 heterocycles. The van der Waals surface area contributed by atoms with Gasteiger partial charge in [0.25, 0.3) is 29.5 Å². The smallest absolute Gasteiger partial charge is 0.261 e. The second kappa shape index (κ2) is 11.2. The molecular formula is C32H29N3O7. The van der Waals surface area contributed by atoms with Crippen LogP contribution >= 0.6 is 0 Å². The van der Waals surface area contributed by atoms with E-state index in [1.54, 1.807) is 42.5 Å². The highest BCUT2D eigenvalue weighted by Gasteiger charge is 2.38. The number of carbonyl (C=O) groups is 5. The largest absolute Gasteiger partial charge is 0.457 e. The molecule has 1 unspecified atom stereocenters. The fourth-order valence-electron chi connectivity index (χ4n) is 5.39. The Kier molecular flexibility index (Phi) is 7.30. The topological polar surface area (TPSA) is 122 Å². The van der Waals surface area contributed by atoms with Crippen LogP contribution in [0.4, 0.5) is 5.69 Å². The molecule has 5 amide bonds. The third-order valence-electron chi connectivity index (χ3n) is 7.67. The van der Waals surface area contributed by atoms with Crippen LogP contribution in [0.2, 0.25) is 0 Å². The van der Waals surface area contributed by atoms with Crippen LogP contribution in [0.3, 0.4) is 0 Å². The Morgan fingerprint density at radius 3 is 2.19 bits per heavy atom. The number of carbonyl (C=O) groups excluding carboxylic acids is 5. The molecule has 214 valence electrons. The standard InChI is InChI=1S/C32H29N3O7/c1-2-3-14-34-29(37)24-12-6-19(16-26(24)31(34)39)28(36)33-20-7-9-21(10-8-20)42-22-11-13-25-27(17-22)32(40)35(30(25)38)18-23-5-4-15-41-23/h6-13,16-17,23H,2-5,14-15,18H2,1H3,(H,33,36). The first-order valence-corrected chi connectivity index (χ1v) is 14.1. The van der Waals surface area contributed by atoms with E-state index in [1.165, 1.54) is 28.0 Å². The van der Waals surface area contributed by atoms with Crippen molar-refractivity contribution in [2.24, 2.45) is 0 Å². The van der Waals surface area contributed by atoms with E-state index in [0.717, 1.165) is 25.7 Å². The molecule has 1 atom stereocenters. The predicted octanol–water partition coefficient (Wildman–Crippen LogP) is 4.90. The molecule has 3 aromatic carbocycles. The summed E-state index contributed by atoms with van der Waals surface area (Å²) in [7, 11) is 0. The summed E-state index contributed by atoms with van der Waals surface area (Å²) >= 11 is 0. The maximum atomic E-state index is 12.9. The summed E-state index contributed by atoms with van der Waals surface area (Å²) in [5.41, 5.74) is 1.94. The summed E-state index contributed by atoms with van der Waals surface area (Å²) in [5.74, 6) is -0.960. The van der Waals surface area contributed by atoms with Crippen molar-refractivity contribution >= 4 is 35.2 Å². The van der Waals surface area contributed by atoms with E-state index in [9.17, 15) is 24.0 Å². The molecule has 3 aromatic rings. The predicted molar refractivity (Wildman–Crippen MR) is 152 cm³/mol. The second-order valence-corrected chi connectivity index (χ2v) is 10.5. The van der Waals surface area contributed by atoms with Gasteiger partial charge in [-0.15, -0.1) is 0 Å². The third-order valence-corrected chi connectivity index (χ3v) is 7.67. The van der Waals surface area contributed by atoms with E-state index in [1.807, 2.05) is 6.92 Å². The molecule has 0 spiro atoms. The fourth-order valence-corrected chi connectivity index (χ4v) is 5.39. The second-order valence-electron chi connectivity index (χ2n) is 10.5. The van der Waals surface area contributed by atoms with E-state index < -0.39 is 5.91 Å². The number of anilines is 1. The minimum absolute atomic E-state index is 0.128. The van der Waals surface area contributed by atoms with E-state index in [4.69, 9.17) is 9.47 Å².